The van der Waals surface area contributed by atoms with Gasteiger partial charge in [-0.25, -0.2) is 0 Å². The molecular weight excluding hydrogens is 214 g/mol. The lowest BCUT2D eigenvalue weighted by Gasteiger charge is -2.31. The summed E-state index contributed by atoms with van der Waals surface area (Å²) in [6, 6.07) is 3.95. The normalized spacial score (nSPS) is 17.6. The SMILES string of the molecule is OC1CCN(c2cncc3cccnc23)CC1. The number of fused-ring (bicyclic) bond motifs is 1. The van der Waals surface area contributed by atoms with Crippen molar-refractivity contribution in [1.29, 1.82) is 0 Å². The molecule has 1 fully saturated rings. The largest absolute Gasteiger partial charge is 0.393 e. The second-order valence-electron chi connectivity index (χ2n) is 4.45. The topological polar surface area (TPSA) is 49.2 Å². The molecule has 0 unspecified atom stereocenters. The average molecular weight is 229 g/mol. The molecule has 0 saturated carbocycles. The van der Waals surface area contributed by atoms with E-state index in [2.05, 4.69) is 14.9 Å². The zero-order chi connectivity index (χ0) is 11.7. The second-order valence-corrected chi connectivity index (χ2v) is 4.45. The summed E-state index contributed by atoms with van der Waals surface area (Å²) >= 11 is 0. The average Bonchev–Trinajstić information content (AvgIpc) is 2.39. The Kier molecular flexibility index (Phi) is 2.65. The van der Waals surface area contributed by atoms with Crippen LogP contribution in [0.3, 0.4) is 0 Å². The molecule has 0 spiro atoms. The second kappa shape index (κ2) is 4.30. The molecular formula is C13H15N3O. The summed E-state index contributed by atoms with van der Waals surface area (Å²) in [4.78, 5) is 11.0. The fraction of sp³-hybridized carbons (Fsp3) is 0.385. The van der Waals surface area contributed by atoms with Crippen LogP contribution < -0.4 is 4.90 Å². The van der Waals surface area contributed by atoms with Crippen molar-refractivity contribution in [2.24, 2.45) is 0 Å². The molecule has 0 radical (unpaired) electrons. The predicted molar refractivity (Wildman–Crippen MR) is 67.0 cm³/mol. The quantitative estimate of drug-likeness (QED) is 0.806. The molecule has 2 aromatic heterocycles. The lowest BCUT2D eigenvalue weighted by atomic mass is 10.1. The summed E-state index contributed by atoms with van der Waals surface area (Å²) in [5, 5.41) is 10.6. The Morgan fingerprint density at radius 2 is 2.06 bits per heavy atom. The summed E-state index contributed by atoms with van der Waals surface area (Å²) in [6.07, 6.45) is 7.01. The van der Waals surface area contributed by atoms with Crippen molar-refractivity contribution in [3.63, 3.8) is 0 Å². The highest BCUT2D eigenvalue weighted by molar-refractivity contribution is 5.89. The summed E-state index contributed by atoms with van der Waals surface area (Å²) in [7, 11) is 0. The number of aliphatic hydroxyl groups is 1. The van der Waals surface area contributed by atoms with E-state index in [1.807, 2.05) is 30.7 Å². The third-order valence-electron chi connectivity index (χ3n) is 3.30. The van der Waals surface area contributed by atoms with E-state index in [1.54, 1.807) is 0 Å². The molecule has 0 amide bonds. The van der Waals surface area contributed by atoms with Crippen LogP contribution in [0.25, 0.3) is 10.9 Å². The van der Waals surface area contributed by atoms with Gasteiger partial charge in [-0.3, -0.25) is 9.97 Å². The maximum Gasteiger partial charge on any atom is 0.0966 e. The van der Waals surface area contributed by atoms with E-state index in [4.69, 9.17) is 0 Å². The van der Waals surface area contributed by atoms with Crippen LogP contribution in [-0.4, -0.2) is 34.3 Å². The number of nitrogens with zero attached hydrogens (tertiary/aromatic N) is 3. The minimum Gasteiger partial charge on any atom is -0.393 e. The number of aliphatic hydroxyl groups excluding tert-OH is 1. The van der Waals surface area contributed by atoms with Gasteiger partial charge in [0.25, 0.3) is 0 Å². The van der Waals surface area contributed by atoms with Crippen molar-refractivity contribution in [3.05, 3.63) is 30.7 Å². The Morgan fingerprint density at radius 3 is 2.88 bits per heavy atom. The Morgan fingerprint density at radius 1 is 1.24 bits per heavy atom. The monoisotopic (exact) mass is 229 g/mol. The van der Waals surface area contributed by atoms with Crippen molar-refractivity contribution < 1.29 is 5.11 Å². The first-order valence-electron chi connectivity index (χ1n) is 5.96. The number of rotatable bonds is 1. The summed E-state index contributed by atoms with van der Waals surface area (Å²) in [6.45, 7) is 1.75. The van der Waals surface area contributed by atoms with Crippen molar-refractivity contribution >= 4 is 16.6 Å². The van der Waals surface area contributed by atoms with Crippen LogP contribution in [0.4, 0.5) is 5.69 Å². The van der Waals surface area contributed by atoms with Crippen LogP contribution in [-0.2, 0) is 0 Å². The van der Waals surface area contributed by atoms with E-state index in [0.717, 1.165) is 42.5 Å². The molecule has 2 aromatic rings. The van der Waals surface area contributed by atoms with E-state index in [9.17, 15) is 5.11 Å². The number of piperidine rings is 1. The first kappa shape index (κ1) is 10.5. The smallest absolute Gasteiger partial charge is 0.0966 e. The van der Waals surface area contributed by atoms with Crippen LogP contribution in [0.1, 0.15) is 12.8 Å². The van der Waals surface area contributed by atoms with E-state index < -0.39 is 0 Å². The molecule has 1 saturated heterocycles. The van der Waals surface area contributed by atoms with Gasteiger partial charge in [-0.1, -0.05) is 0 Å². The molecule has 1 aliphatic rings. The molecule has 1 N–H and O–H groups in total. The molecule has 88 valence electrons. The van der Waals surface area contributed by atoms with Gasteiger partial charge in [-0.05, 0) is 25.0 Å². The molecule has 1 aliphatic heterocycles. The number of hydrogen-bond donors (Lipinski definition) is 1. The predicted octanol–water partition coefficient (Wildman–Crippen LogP) is 1.59. The molecule has 17 heavy (non-hydrogen) atoms. The molecule has 3 rings (SSSR count). The molecule has 4 heteroatoms. The van der Waals surface area contributed by atoms with Crippen molar-refractivity contribution in [2.75, 3.05) is 18.0 Å². The summed E-state index contributed by atoms with van der Waals surface area (Å²) < 4.78 is 0. The van der Waals surface area contributed by atoms with Crippen molar-refractivity contribution in [2.45, 2.75) is 18.9 Å². The minimum atomic E-state index is -0.151. The van der Waals surface area contributed by atoms with E-state index >= 15 is 0 Å². The van der Waals surface area contributed by atoms with Gasteiger partial charge < -0.3 is 10.0 Å². The number of aromatic nitrogens is 2. The Labute approximate surface area is 99.9 Å². The van der Waals surface area contributed by atoms with Gasteiger partial charge in [0.05, 0.1) is 23.5 Å². The summed E-state index contributed by atoms with van der Waals surface area (Å²) in [5.74, 6) is 0. The van der Waals surface area contributed by atoms with E-state index in [-0.39, 0.29) is 6.10 Å². The summed E-state index contributed by atoms with van der Waals surface area (Å²) in [5.41, 5.74) is 2.08. The standard InChI is InChI=1S/C13H15N3O/c17-11-3-6-16(7-4-11)12-9-14-8-10-2-1-5-15-13(10)12/h1-2,5,8-9,11,17H,3-4,6-7H2. The van der Waals surface area contributed by atoms with Crippen LogP contribution in [0, 0.1) is 0 Å². The van der Waals surface area contributed by atoms with Crippen LogP contribution in [0.15, 0.2) is 30.7 Å². The maximum absolute atomic E-state index is 9.53. The lowest BCUT2D eigenvalue weighted by molar-refractivity contribution is 0.145. The van der Waals surface area contributed by atoms with Gasteiger partial charge in [0.2, 0.25) is 0 Å². The third kappa shape index (κ3) is 1.96. The van der Waals surface area contributed by atoms with Gasteiger partial charge >= 0.3 is 0 Å². The fourth-order valence-electron chi connectivity index (χ4n) is 2.32. The highest BCUT2D eigenvalue weighted by Crippen LogP contribution is 2.26. The lowest BCUT2D eigenvalue weighted by Crippen LogP contribution is -2.36. The minimum absolute atomic E-state index is 0.151. The van der Waals surface area contributed by atoms with Gasteiger partial charge in [0.15, 0.2) is 0 Å². The van der Waals surface area contributed by atoms with Gasteiger partial charge in [0, 0.05) is 30.9 Å². The van der Waals surface area contributed by atoms with E-state index in [0.29, 0.717) is 0 Å². The molecule has 4 nitrogen and oxygen atoms in total. The van der Waals surface area contributed by atoms with Crippen molar-refractivity contribution in [3.8, 4) is 0 Å². The first-order chi connectivity index (χ1) is 8.34. The van der Waals surface area contributed by atoms with Gasteiger partial charge in [-0.2, -0.15) is 0 Å². The number of anilines is 1. The fourth-order valence-corrected chi connectivity index (χ4v) is 2.32. The number of hydrogen-bond acceptors (Lipinski definition) is 4. The molecule has 0 aromatic carbocycles. The third-order valence-corrected chi connectivity index (χ3v) is 3.30. The Balaban J connectivity index is 2.00. The number of pyridine rings is 2. The molecule has 0 atom stereocenters. The Hall–Kier alpha value is -1.68. The zero-order valence-corrected chi connectivity index (χ0v) is 9.58. The van der Waals surface area contributed by atoms with Crippen LogP contribution in [0.5, 0.6) is 0 Å². The molecule has 3 heterocycles. The van der Waals surface area contributed by atoms with Crippen LogP contribution in [0.2, 0.25) is 0 Å². The van der Waals surface area contributed by atoms with Gasteiger partial charge in [-0.15, -0.1) is 0 Å². The highest BCUT2D eigenvalue weighted by Gasteiger charge is 2.19. The molecule has 0 bridgehead atoms. The van der Waals surface area contributed by atoms with Crippen molar-refractivity contribution in [1.82, 2.24) is 9.97 Å². The highest BCUT2D eigenvalue weighted by atomic mass is 16.3. The van der Waals surface area contributed by atoms with E-state index in [1.165, 1.54) is 0 Å². The molecule has 0 aliphatic carbocycles. The Bertz CT molecular complexity index is 516. The maximum atomic E-state index is 9.53. The zero-order valence-electron chi connectivity index (χ0n) is 9.58. The van der Waals surface area contributed by atoms with Gasteiger partial charge in [0.1, 0.15) is 0 Å². The first-order valence-corrected chi connectivity index (χ1v) is 5.96. The van der Waals surface area contributed by atoms with Crippen LogP contribution >= 0.6 is 0 Å².